The molecule has 1 aromatic rings. The summed E-state index contributed by atoms with van der Waals surface area (Å²) in [5.41, 5.74) is 6.65. The van der Waals surface area contributed by atoms with Gasteiger partial charge in [0.05, 0.1) is 19.4 Å². The summed E-state index contributed by atoms with van der Waals surface area (Å²) >= 11 is 0. The molecule has 0 fully saturated rings. The second kappa shape index (κ2) is 6.22. The minimum Gasteiger partial charge on any atom is -0.490 e. The molecular formula is C14H19NO4. The quantitative estimate of drug-likeness (QED) is 0.502. The number of carbonyl (C=O) groups is 2. The predicted molar refractivity (Wildman–Crippen MR) is 72.5 cm³/mol. The van der Waals surface area contributed by atoms with Crippen LogP contribution < -0.4 is 10.5 Å². The molecule has 104 valence electrons. The first kappa shape index (κ1) is 15.0. The first-order valence-corrected chi connectivity index (χ1v) is 6.03. The van der Waals surface area contributed by atoms with Crippen LogP contribution in [0.15, 0.2) is 12.1 Å². The Morgan fingerprint density at radius 1 is 1.26 bits per heavy atom. The first-order chi connectivity index (χ1) is 8.88. The third-order valence-electron chi connectivity index (χ3n) is 2.54. The Balaban J connectivity index is 3.28. The van der Waals surface area contributed by atoms with Crippen molar-refractivity contribution in [2.75, 3.05) is 19.5 Å². The van der Waals surface area contributed by atoms with Crippen molar-refractivity contribution >= 4 is 17.4 Å². The molecule has 0 aliphatic carbocycles. The van der Waals surface area contributed by atoms with Crippen LogP contribution in [0.2, 0.25) is 0 Å². The molecule has 0 heterocycles. The molecule has 0 aliphatic heterocycles. The van der Waals surface area contributed by atoms with E-state index in [1.165, 1.54) is 26.2 Å². The van der Waals surface area contributed by atoms with Crippen LogP contribution in [0.25, 0.3) is 0 Å². The van der Waals surface area contributed by atoms with Gasteiger partial charge in [-0.15, -0.1) is 0 Å². The van der Waals surface area contributed by atoms with E-state index in [2.05, 4.69) is 4.74 Å². The number of carbonyl (C=O) groups excluding carboxylic acids is 2. The van der Waals surface area contributed by atoms with Crippen molar-refractivity contribution in [3.05, 3.63) is 23.3 Å². The lowest BCUT2D eigenvalue weighted by Crippen LogP contribution is -2.13. The number of anilines is 1. The fourth-order valence-electron chi connectivity index (χ4n) is 1.58. The average molecular weight is 265 g/mol. The number of esters is 1. The van der Waals surface area contributed by atoms with Gasteiger partial charge in [-0.25, -0.2) is 4.79 Å². The van der Waals surface area contributed by atoms with Gasteiger partial charge in [0.1, 0.15) is 5.56 Å². The van der Waals surface area contributed by atoms with Crippen LogP contribution in [-0.4, -0.2) is 25.5 Å². The summed E-state index contributed by atoms with van der Waals surface area (Å²) in [5.74, 6) is -0.233. The van der Waals surface area contributed by atoms with Crippen LogP contribution in [0.4, 0.5) is 5.69 Å². The van der Waals surface area contributed by atoms with Crippen molar-refractivity contribution in [1.82, 2.24) is 0 Å². The summed E-state index contributed by atoms with van der Waals surface area (Å²) in [6.45, 7) is 5.76. The monoisotopic (exact) mass is 265 g/mol. The summed E-state index contributed by atoms with van der Waals surface area (Å²) in [4.78, 5) is 23.1. The second-order valence-electron chi connectivity index (χ2n) is 4.66. The summed E-state index contributed by atoms with van der Waals surface area (Å²) in [6, 6.07) is 3.00. The van der Waals surface area contributed by atoms with Crippen LogP contribution in [0.5, 0.6) is 5.75 Å². The maximum atomic E-state index is 11.7. The zero-order valence-electron chi connectivity index (χ0n) is 11.6. The van der Waals surface area contributed by atoms with Gasteiger partial charge in [0.2, 0.25) is 0 Å². The maximum Gasteiger partial charge on any atom is 0.341 e. The van der Waals surface area contributed by atoms with Crippen LogP contribution in [0, 0.1) is 5.92 Å². The Bertz CT molecular complexity index is 494. The lowest BCUT2D eigenvalue weighted by Gasteiger charge is -2.16. The number of hydrogen-bond donors (Lipinski definition) is 1. The smallest absolute Gasteiger partial charge is 0.341 e. The molecule has 0 aliphatic rings. The number of nitrogen functional groups attached to an aromatic ring is 1. The number of hydrogen-bond acceptors (Lipinski definition) is 5. The minimum atomic E-state index is -0.541. The maximum absolute atomic E-state index is 11.7. The van der Waals surface area contributed by atoms with Crippen LogP contribution in [0.3, 0.4) is 0 Å². The molecule has 0 atom stereocenters. The molecule has 0 unspecified atom stereocenters. The molecule has 0 radical (unpaired) electrons. The van der Waals surface area contributed by atoms with E-state index < -0.39 is 5.97 Å². The average Bonchev–Trinajstić information content (AvgIpc) is 2.35. The van der Waals surface area contributed by atoms with E-state index in [1.54, 1.807) is 0 Å². The van der Waals surface area contributed by atoms with Crippen LogP contribution in [-0.2, 0) is 4.74 Å². The van der Waals surface area contributed by atoms with Crippen molar-refractivity contribution in [3.8, 4) is 5.75 Å². The molecule has 0 bridgehead atoms. The highest BCUT2D eigenvalue weighted by Crippen LogP contribution is 2.31. The van der Waals surface area contributed by atoms with Crippen molar-refractivity contribution in [2.24, 2.45) is 5.92 Å². The Hall–Kier alpha value is -2.04. The Morgan fingerprint density at radius 3 is 2.32 bits per heavy atom. The van der Waals surface area contributed by atoms with E-state index in [0.29, 0.717) is 12.2 Å². The number of ketones is 1. The normalized spacial score (nSPS) is 10.4. The van der Waals surface area contributed by atoms with Gasteiger partial charge in [0.25, 0.3) is 0 Å². The number of nitrogens with two attached hydrogens (primary N) is 1. The molecule has 5 heteroatoms. The number of benzene rings is 1. The Morgan fingerprint density at radius 2 is 1.84 bits per heavy atom. The van der Waals surface area contributed by atoms with E-state index in [0.717, 1.165) is 0 Å². The summed E-state index contributed by atoms with van der Waals surface area (Å²) in [7, 11) is 1.28. The van der Waals surface area contributed by atoms with E-state index in [9.17, 15) is 9.59 Å². The van der Waals surface area contributed by atoms with Crippen molar-refractivity contribution in [3.63, 3.8) is 0 Å². The van der Waals surface area contributed by atoms with E-state index >= 15 is 0 Å². The lowest BCUT2D eigenvalue weighted by molar-refractivity contribution is 0.0595. The van der Waals surface area contributed by atoms with Gasteiger partial charge < -0.3 is 15.2 Å². The topological polar surface area (TPSA) is 78.6 Å². The number of ether oxygens (including phenoxy) is 2. The molecule has 0 saturated heterocycles. The third kappa shape index (κ3) is 3.47. The minimum absolute atomic E-state index is 0.177. The van der Waals surface area contributed by atoms with E-state index in [-0.39, 0.29) is 28.7 Å². The van der Waals surface area contributed by atoms with Gasteiger partial charge in [0.15, 0.2) is 11.5 Å². The standard InChI is InChI=1S/C14H19NO4/c1-8(2)7-19-13-11(14(17)18-4)6-5-10(9(3)16)12(13)15/h5-6,8H,7,15H2,1-4H3. The predicted octanol–water partition coefficient (Wildman–Crippen LogP) is 2.29. The fourth-order valence-corrected chi connectivity index (χ4v) is 1.58. The number of methoxy groups -OCH3 is 1. The van der Waals surface area contributed by atoms with Gasteiger partial charge >= 0.3 is 5.97 Å². The highest BCUT2D eigenvalue weighted by atomic mass is 16.5. The molecule has 0 aromatic heterocycles. The molecule has 1 rings (SSSR count). The summed E-state index contributed by atoms with van der Waals surface area (Å²) < 4.78 is 10.2. The Kier molecular flexibility index (Phi) is 4.92. The zero-order chi connectivity index (χ0) is 14.6. The van der Waals surface area contributed by atoms with Gasteiger partial charge in [-0.05, 0) is 25.0 Å². The first-order valence-electron chi connectivity index (χ1n) is 6.03. The zero-order valence-corrected chi connectivity index (χ0v) is 11.6. The van der Waals surface area contributed by atoms with Crippen molar-refractivity contribution in [1.29, 1.82) is 0 Å². The molecule has 5 nitrogen and oxygen atoms in total. The van der Waals surface area contributed by atoms with E-state index in [4.69, 9.17) is 10.5 Å². The van der Waals surface area contributed by atoms with Gasteiger partial charge in [-0.1, -0.05) is 13.8 Å². The lowest BCUT2D eigenvalue weighted by atomic mass is 10.0. The number of Topliss-reactive ketones (excluding diaryl/α,β-unsaturated/α-hetero) is 1. The third-order valence-corrected chi connectivity index (χ3v) is 2.54. The second-order valence-corrected chi connectivity index (χ2v) is 4.66. The highest BCUT2D eigenvalue weighted by Gasteiger charge is 2.20. The highest BCUT2D eigenvalue weighted by molar-refractivity contribution is 6.04. The molecule has 0 spiro atoms. The fraction of sp³-hybridized carbons (Fsp3) is 0.429. The summed E-state index contributed by atoms with van der Waals surface area (Å²) in [5, 5.41) is 0. The van der Waals surface area contributed by atoms with Gasteiger partial charge in [-0.2, -0.15) is 0 Å². The molecule has 0 saturated carbocycles. The van der Waals surface area contributed by atoms with Crippen LogP contribution in [0.1, 0.15) is 41.5 Å². The van der Waals surface area contributed by atoms with Crippen molar-refractivity contribution < 1.29 is 19.1 Å². The Labute approximate surface area is 112 Å². The largest absolute Gasteiger partial charge is 0.490 e. The molecular weight excluding hydrogens is 246 g/mol. The molecule has 19 heavy (non-hydrogen) atoms. The molecule has 0 amide bonds. The van der Waals surface area contributed by atoms with Crippen LogP contribution >= 0.6 is 0 Å². The van der Waals surface area contributed by atoms with Crippen molar-refractivity contribution in [2.45, 2.75) is 20.8 Å². The molecule has 1 aromatic carbocycles. The molecule has 2 N–H and O–H groups in total. The summed E-state index contributed by atoms with van der Waals surface area (Å²) in [6.07, 6.45) is 0. The number of rotatable bonds is 5. The SMILES string of the molecule is COC(=O)c1ccc(C(C)=O)c(N)c1OCC(C)C. The van der Waals surface area contributed by atoms with Gasteiger partial charge in [0, 0.05) is 5.56 Å². The van der Waals surface area contributed by atoms with E-state index in [1.807, 2.05) is 13.8 Å². The van der Waals surface area contributed by atoms with Gasteiger partial charge in [-0.3, -0.25) is 4.79 Å².